The molecule has 1 atom stereocenters. The largest absolute Gasteiger partial charge is 0.459 e. The summed E-state index contributed by atoms with van der Waals surface area (Å²) in [5.41, 5.74) is 1.31. The van der Waals surface area contributed by atoms with Crippen LogP contribution in [0.15, 0.2) is 63.9 Å². The maximum Gasteiger partial charge on any atom is 0.238 e. The van der Waals surface area contributed by atoms with Crippen molar-refractivity contribution in [1.82, 2.24) is 4.90 Å². The van der Waals surface area contributed by atoms with Crippen molar-refractivity contribution in [3.05, 3.63) is 60.4 Å². The van der Waals surface area contributed by atoms with Gasteiger partial charge < -0.3 is 9.73 Å². The summed E-state index contributed by atoms with van der Waals surface area (Å²) in [5, 5.41) is 8.82. The SMILES string of the molecule is CC(c1cc2ccccc2o1)N(C)CC(=O)Nc1ccc(S(N)(=O)=O)cc1. The predicted molar refractivity (Wildman–Crippen MR) is 104 cm³/mol. The van der Waals surface area contributed by atoms with Crippen LogP contribution in [0.25, 0.3) is 11.0 Å². The molecule has 0 saturated carbocycles. The Hall–Kier alpha value is -2.68. The first-order valence-corrected chi connectivity index (χ1v) is 9.90. The number of nitrogens with zero attached hydrogens (tertiary/aromatic N) is 1. The third-order valence-electron chi connectivity index (χ3n) is 4.38. The van der Waals surface area contributed by atoms with Gasteiger partial charge in [0.25, 0.3) is 0 Å². The van der Waals surface area contributed by atoms with Gasteiger partial charge in [-0.05, 0) is 50.4 Å². The summed E-state index contributed by atoms with van der Waals surface area (Å²) in [5.74, 6) is 0.563. The number of benzene rings is 2. The molecule has 1 aromatic heterocycles. The van der Waals surface area contributed by atoms with Crippen LogP contribution in [0, 0.1) is 0 Å². The van der Waals surface area contributed by atoms with Crippen molar-refractivity contribution in [2.75, 3.05) is 18.9 Å². The number of furan rings is 1. The molecule has 0 aliphatic carbocycles. The van der Waals surface area contributed by atoms with Crippen LogP contribution in [-0.4, -0.2) is 32.8 Å². The molecule has 8 heteroatoms. The Kier molecular flexibility index (Phi) is 5.31. The summed E-state index contributed by atoms with van der Waals surface area (Å²) >= 11 is 0. The monoisotopic (exact) mass is 387 g/mol. The van der Waals surface area contributed by atoms with Gasteiger partial charge in [-0.25, -0.2) is 13.6 Å². The quantitative estimate of drug-likeness (QED) is 0.676. The number of carbonyl (C=O) groups is 1. The van der Waals surface area contributed by atoms with E-state index in [-0.39, 0.29) is 23.4 Å². The van der Waals surface area contributed by atoms with E-state index < -0.39 is 10.0 Å². The van der Waals surface area contributed by atoms with Crippen molar-refractivity contribution in [3.63, 3.8) is 0 Å². The average molecular weight is 387 g/mol. The Labute approximate surface area is 157 Å². The molecule has 27 heavy (non-hydrogen) atoms. The number of rotatable bonds is 6. The minimum Gasteiger partial charge on any atom is -0.459 e. The highest BCUT2D eigenvalue weighted by Crippen LogP contribution is 2.26. The zero-order valence-electron chi connectivity index (χ0n) is 15.0. The van der Waals surface area contributed by atoms with Crippen LogP contribution < -0.4 is 10.5 Å². The summed E-state index contributed by atoms with van der Waals surface area (Å²) in [4.78, 5) is 14.1. The van der Waals surface area contributed by atoms with Crippen LogP contribution in [0.5, 0.6) is 0 Å². The fraction of sp³-hybridized carbons (Fsp3) is 0.211. The molecule has 142 valence electrons. The first-order valence-electron chi connectivity index (χ1n) is 8.35. The molecule has 1 heterocycles. The number of amides is 1. The first kappa shape index (κ1) is 19.1. The maximum atomic E-state index is 12.3. The van der Waals surface area contributed by atoms with Gasteiger partial charge in [0.15, 0.2) is 0 Å². The minimum atomic E-state index is -3.75. The highest BCUT2D eigenvalue weighted by atomic mass is 32.2. The van der Waals surface area contributed by atoms with Gasteiger partial charge in [0.2, 0.25) is 15.9 Å². The smallest absolute Gasteiger partial charge is 0.238 e. The number of carbonyl (C=O) groups excluding carboxylic acids is 1. The first-order chi connectivity index (χ1) is 12.7. The number of primary sulfonamides is 1. The summed E-state index contributed by atoms with van der Waals surface area (Å²) in [7, 11) is -1.92. The van der Waals surface area contributed by atoms with Crippen LogP contribution in [-0.2, 0) is 14.8 Å². The molecule has 1 amide bonds. The van der Waals surface area contributed by atoms with Gasteiger partial charge in [-0.2, -0.15) is 0 Å². The number of anilines is 1. The highest BCUT2D eigenvalue weighted by molar-refractivity contribution is 7.89. The summed E-state index contributed by atoms with van der Waals surface area (Å²) in [6.45, 7) is 2.11. The lowest BCUT2D eigenvalue weighted by Crippen LogP contribution is -2.32. The third kappa shape index (κ3) is 4.54. The van der Waals surface area contributed by atoms with Crippen LogP contribution >= 0.6 is 0 Å². The number of nitrogens with two attached hydrogens (primary N) is 1. The molecule has 0 fully saturated rings. The average Bonchev–Trinajstić information content (AvgIpc) is 3.04. The fourth-order valence-electron chi connectivity index (χ4n) is 2.72. The number of sulfonamides is 1. The maximum absolute atomic E-state index is 12.3. The Morgan fingerprint density at radius 2 is 1.85 bits per heavy atom. The Balaban J connectivity index is 1.62. The molecule has 3 aromatic rings. The number of para-hydroxylation sites is 1. The molecule has 0 saturated heterocycles. The molecule has 0 radical (unpaired) electrons. The number of hydrogen-bond donors (Lipinski definition) is 2. The second kappa shape index (κ2) is 7.51. The minimum absolute atomic E-state index is 0.00359. The predicted octanol–water partition coefficient (Wildman–Crippen LogP) is 2.71. The van der Waals surface area contributed by atoms with E-state index in [0.717, 1.165) is 16.7 Å². The molecule has 7 nitrogen and oxygen atoms in total. The summed E-state index contributed by atoms with van der Waals surface area (Å²) in [6, 6.07) is 15.3. The molecule has 0 spiro atoms. The van der Waals surface area contributed by atoms with Crippen molar-refractivity contribution in [1.29, 1.82) is 0 Å². The molecule has 0 aliphatic rings. The molecule has 1 unspecified atom stereocenters. The molecular weight excluding hydrogens is 366 g/mol. The Bertz CT molecular complexity index is 1030. The van der Waals surface area contributed by atoms with Crippen LogP contribution in [0.4, 0.5) is 5.69 Å². The van der Waals surface area contributed by atoms with Gasteiger partial charge >= 0.3 is 0 Å². The van der Waals surface area contributed by atoms with Gasteiger partial charge in [0.05, 0.1) is 17.5 Å². The Morgan fingerprint density at radius 1 is 1.19 bits per heavy atom. The van der Waals surface area contributed by atoms with Crippen molar-refractivity contribution < 1.29 is 17.6 Å². The second-order valence-corrected chi connectivity index (χ2v) is 7.96. The van der Waals surface area contributed by atoms with E-state index in [9.17, 15) is 13.2 Å². The van der Waals surface area contributed by atoms with E-state index >= 15 is 0 Å². The number of hydrogen-bond acceptors (Lipinski definition) is 5. The standard InChI is InChI=1S/C19H21N3O4S/c1-13(18-11-14-5-3-4-6-17(14)26-18)22(2)12-19(23)21-15-7-9-16(10-8-15)27(20,24)25/h3-11,13H,12H2,1-2H3,(H,21,23)(H2,20,24,25). The lowest BCUT2D eigenvalue weighted by atomic mass is 10.2. The number of likely N-dealkylation sites (N-methyl/N-ethyl adjacent to an activating group) is 1. The van der Waals surface area contributed by atoms with Crippen molar-refractivity contribution in [2.45, 2.75) is 17.9 Å². The van der Waals surface area contributed by atoms with Gasteiger partial charge in [-0.1, -0.05) is 18.2 Å². The molecular formula is C19H21N3O4S. The third-order valence-corrected chi connectivity index (χ3v) is 5.31. The highest BCUT2D eigenvalue weighted by Gasteiger charge is 2.18. The van der Waals surface area contributed by atoms with Crippen LogP contribution in [0.1, 0.15) is 18.7 Å². The zero-order valence-corrected chi connectivity index (χ0v) is 15.9. The van der Waals surface area contributed by atoms with Crippen molar-refractivity contribution in [2.24, 2.45) is 5.14 Å². The topological polar surface area (TPSA) is 106 Å². The van der Waals surface area contributed by atoms with E-state index in [0.29, 0.717) is 5.69 Å². The second-order valence-electron chi connectivity index (χ2n) is 6.40. The van der Waals surface area contributed by atoms with E-state index in [4.69, 9.17) is 9.56 Å². The molecule has 2 aromatic carbocycles. The lowest BCUT2D eigenvalue weighted by molar-refractivity contribution is -0.117. The molecule has 3 rings (SSSR count). The zero-order chi connectivity index (χ0) is 19.6. The van der Waals surface area contributed by atoms with Gasteiger partial charge in [-0.3, -0.25) is 9.69 Å². The molecule has 0 aliphatic heterocycles. The normalized spacial score (nSPS) is 13.0. The van der Waals surface area contributed by atoms with Crippen LogP contribution in [0.2, 0.25) is 0 Å². The molecule has 3 N–H and O–H groups in total. The summed E-state index contributed by atoms with van der Waals surface area (Å²) in [6.07, 6.45) is 0. The van der Waals surface area contributed by atoms with E-state index in [1.54, 1.807) is 0 Å². The fourth-order valence-corrected chi connectivity index (χ4v) is 3.23. The Morgan fingerprint density at radius 3 is 2.48 bits per heavy atom. The van der Waals surface area contributed by atoms with Crippen LogP contribution in [0.3, 0.4) is 0 Å². The van der Waals surface area contributed by atoms with Crippen molar-refractivity contribution >= 4 is 32.6 Å². The van der Waals surface area contributed by atoms with E-state index in [1.165, 1.54) is 24.3 Å². The van der Waals surface area contributed by atoms with E-state index in [2.05, 4.69) is 5.32 Å². The van der Waals surface area contributed by atoms with Gasteiger partial charge in [0, 0.05) is 11.1 Å². The van der Waals surface area contributed by atoms with E-state index in [1.807, 2.05) is 49.2 Å². The molecule has 0 bridgehead atoms. The number of nitrogens with one attached hydrogen (secondary N) is 1. The summed E-state index contributed by atoms with van der Waals surface area (Å²) < 4.78 is 28.4. The lowest BCUT2D eigenvalue weighted by Gasteiger charge is -2.22. The van der Waals surface area contributed by atoms with Gasteiger partial charge in [-0.15, -0.1) is 0 Å². The van der Waals surface area contributed by atoms with Gasteiger partial charge in [0.1, 0.15) is 11.3 Å². The number of fused-ring (bicyclic) bond motifs is 1. The van der Waals surface area contributed by atoms with Crippen molar-refractivity contribution in [3.8, 4) is 0 Å².